The molecule has 0 aromatic carbocycles. The minimum absolute atomic E-state index is 0.221. The predicted molar refractivity (Wildman–Crippen MR) is 57.0 cm³/mol. The maximum Gasteiger partial charge on any atom is 0.258 e. The summed E-state index contributed by atoms with van der Waals surface area (Å²) in [5.74, 6) is 0.268. The van der Waals surface area contributed by atoms with Crippen molar-refractivity contribution in [3.8, 4) is 0 Å². The summed E-state index contributed by atoms with van der Waals surface area (Å²) in [5, 5.41) is 7.00. The van der Waals surface area contributed by atoms with E-state index in [0.29, 0.717) is 16.4 Å². The molecule has 6 heteroatoms. The molecule has 1 amide bonds. The molecule has 2 rings (SSSR count). The van der Waals surface area contributed by atoms with Gasteiger partial charge in [-0.25, -0.2) is 0 Å². The van der Waals surface area contributed by atoms with Crippen molar-refractivity contribution in [3.05, 3.63) is 35.2 Å². The Morgan fingerprint density at radius 1 is 1.67 bits per heavy atom. The quantitative estimate of drug-likeness (QED) is 0.815. The van der Waals surface area contributed by atoms with E-state index in [0.717, 1.165) is 0 Å². The molecule has 0 fully saturated rings. The number of nitrogens with one attached hydrogen (secondary N) is 2. The SMILES string of the molecule is Cn1ncc(Cl)c1NC(=O)c1cc[nH]c1. The second-order valence-electron chi connectivity index (χ2n) is 3.02. The lowest BCUT2D eigenvalue weighted by Crippen LogP contribution is -2.14. The zero-order valence-electron chi connectivity index (χ0n) is 7.99. The molecule has 0 radical (unpaired) electrons. The van der Waals surface area contributed by atoms with Crippen molar-refractivity contribution < 1.29 is 4.79 Å². The minimum atomic E-state index is -0.221. The Kier molecular flexibility index (Phi) is 2.47. The number of H-pyrrole nitrogens is 1. The van der Waals surface area contributed by atoms with Gasteiger partial charge in [0, 0.05) is 19.4 Å². The first-order valence-corrected chi connectivity index (χ1v) is 4.68. The third-order valence-electron chi connectivity index (χ3n) is 1.99. The summed E-state index contributed by atoms with van der Waals surface area (Å²) in [7, 11) is 1.71. The average molecular weight is 225 g/mol. The molecule has 0 aliphatic heterocycles. The van der Waals surface area contributed by atoms with Gasteiger partial charge in [-0.05, 0) is 6.07 Å². The van der Waals surface area contributed by atoms with E-state index in [-0.39, 0.29) is 5.91 Å². The van der Waals surface area contributed by atoms with Crippen LogP contribution in [0.3, 0.4) is 0 Å². The number of aromatic amines is 1. The molecule has 2 aromatic rings. The average Bonchev–Trinajstić information content (AvgIpc) is 2.82. The first-order valence-electron chi connectivity index (χ1n) is 4.30. The molecule has 0 atom stereocenters. The van der Waals surface area contributed by atoms with Gasteiger partial charge in [-0.3, -0.25) is 9.48 Å². The highest BCUT2D eigenvalue weighted by Gasteiger charge is 2.11. The van der Waals surface area contributed by atoms with E-state index in [4.69, 9.17) is 11.6 Å². The minimum Gasteiger partial charge on any atom is -0.367 e. The Hall–Kier alpha value is -1.75. The van der Waals surface area contributed by atoms with E-state index < -0.39 is 0 Å². The molecule has 0 spiro atoms. The highest BCUT2D eigenvalue weighted by Crippen LogP contribution is 2.20. The lowest BCUT2D eigenvalue weighted by atomic mass is 10.3. The van der Waals surface area contributed by atoms with Crippen molar-refractivity contribution in [2.45, 2.75) is 0 Å². The summed E-state index contributed by atoms with van der Waals surface area (Å²) in [6.07, 6.45) is 4.77. The van der Waals surface area contributed by atoms with E-state index in [2.05, 4.69) is 15.4 Å². The summed E-state index contributed by atoms with van der Waals surface area (Å²) >= 11 is 5.84. The maximum absolute atomic E-state index is 11.6. The molecule has 0 aliphatic rings. The van der Waals surface area contributed by atoms with Crippen LogP contribution in [-0.2, 0) is 7.05 Å². The van der Waals surface area contributed by atoms with Crippen LogP contribution < -0.4 is 5.32 Å². The van der Waals surface area contributed by atoms with Gasteiger partial charge < -0.3 is 10.3 Å². The Morgan fingerprint density at radius 3 is 3.00 bits per heavy atom. The van der Waals surface area contributed by atoms with Crippen molar-refractivity contribution in [3.63, 3.8) is 0 Å². The fourth-order valence-corrected chi connectivity index (χ4v) is 1.41. The van der Waals surface area contributed by atoms with E-state index in [1.807, 2.05) is 0 Å². The molecular weight excluding hydrogens is 216 g/mol. The summed E-state index contributed by atoms with van der Waals surface area (Å²) in [6.45, 7) is 0. The van der Waals surface area contributed by atoms with Crippen LogP contribution in [0, 0.1) is 0 Å². The Morgan fingerprint density at radius 2 is 2.47 bits per heavy atom. The number of halogens is 1. The second-order valence-corrected chi connectivity index (χ2v) is 3.43. The largest absolute Gasteiger partial charge is 0.367 e. The molecule has 15 heavy (non-hydrogen) atoms. The molecule has 0 saturated heterocycles. The van der Waals surface area contributed by atoms with E-state index >= 15 is 0 Å². The molecule has 0 bridgehead atoms. The number of aromatic nitrogens is 3. The van der Waals surface area contributed by atoms with Crippen LogP contribution in [0.2, 0.25) is 5.02 Å². The van der Waals surface area contributed by atoms with Crippen LogP contribution in [0.4, 0.5) is 5.82 Å². The molecule has 2 N–H and O–H groups in total. The molecule has 0 unspecified atom stereocenters. The molecule has 78 valence electrons. The molecule has 2 aromatic heterocycles. The molecule has 0 aliphatic carbocycles. The molecule has 5 nitrogen and oxygen atoms in total. The summed E-state index contributed by atoms with van der Waals surface area (Å²) in [4.78, 5) is 14.4. The van der Waals surface area contributed by atoms with Crippen LogP contribution in [0.15, 0.2) is 24.7 Å². The standard InChI is InChI=1S/C9H9ClN4O/c1-14-8(7(10)5-12-14)13-9(15)6-2-3-11-4-6/h2-5,11H,1H3,(H,13,15). The van der Waals surface area contributed by atoms with E-state index in [9.17, 15) is 4.79 Å². The van der Waals surface area contributed by atoms with Crippen LogP contribution in [0.5, 0.6) is 0 Å². The highest BCUT2D eigenvalue weighted by atomic mass is 35.5. The number of nitrogens with zero attached hydrogens (tertiary/aromatic N) is 2. The van der Waals surface area contributed by atoms with Gasteiger partial charge in [-0.1, -0.05) is 11.6 Å². The number of amides is 1. The topological polar surface area (TPSA) is 62.7 Å². The van der Waals surface area contributed by atoms with Gasteiger partial charge in [0.05, 0.1) is 11.8 Å². The number of rotatable bonds is 2. The van der Waals surface area contributed by atoms with Gasteiger partial charge >= 0.3 is 0 Å². The number of hydrogen-bond acceptors (Lipinski definition) is 2. The second kappa shape index (κ2) is 3.78. The van der Waals surface area contributed by atoms with Crippen LogP contribution in [-0.4, -0.2) is 20.7 Å². The number of aryl methyl sites for hydroxylation is 1. The van der Waals surface area contributed by atoms with Gasteiger partial charge in [-0.2, -0.15) is 5.10 Å². The van der Waals surface area contributed by atoms with Gasteiger partial charge in [0.1, 0.15) is 10.8 Å². The highest BCUT2D eigenvalue weighted by molar-refractivity contribution is 6.33. The zero-order chi connectivity index (χ0) is 10.8. The van der Waals surface area contributed by atoms with Crippen molar-refractivity contribution in [2.24, 2.45) is 7.05 Å². The number of carbonyl (C=O) groups is 1. The Bertz CT molecular complexity index is 455. The summed E-state index contributed by atoms with van der Waals surface area (Å²) in [6, 6.07) is 1.68. The van der Waals surface area contributed by atoms with Gasteiger partial charge in [-0.15, -0.1) is 0 Å². The van der Waals surface area contributed by atoms with Crippen molar-refractivity contribution in [1.29, 1.82) is 0 Å². The third kappa shape index (κ3) is 1.87. The van der Waals surface area contributed by atoms with Gasteiger partial charge in [0.25, 0.3) is 5.91 Å². The van der Waals surface area contributed by atoms with Crippen LogP contribution in [0.25, 0.3) is 0 Å². The smallest absolute Gasteiger partial charge is 0.258 e. The Labute approximate surface area is 91.0 Å². The van der Waals surface area contributed by atoms with E-state index in [1.165, 1.54) is 10.9 Å². The van der Waals surface area contributed by atoms with Gasteiger partial charge in [0.2, 0.25) is 0 Å². The Balaban J connectivity index is 2.20. The zero-order valence-corrected chi connectivity index (χ0v) is 8.75. The third-order valence-corrected chi connectivity index (χ3v) is 2.26. The molecule has 2 heterocycles. The molecular formula is C9H9ClN4O. The molecule has 0 saturated carbocycles. The van der Waals surface area contributed by atoms with Crippen molar-refractivity contribution in [1.82, 2.24) is 14.8 Å². The van der Waals surface area contributed by atoms with Crippen molar-refractivity contribution in [2.75, 3.05) is 5.32 Å². The van der Waals surface area contributed by atoms with Crippen molar-refractivity contribution >= 4 is 23.3 Å². The van der Waals surface area contributed by atoms with Gasteiger partial charge in [0.15, 0.2) is 0 Å². The van der Waals surface area contributed by atoms with Crippen LogP contribution in [0.1, 0.15) is 10.4 Å². The van der Waals surface area contributed by atoms with E-state index in [1.54, 1.807) is 25.5 Å². The summed E-state index contributed by atoms with van der Waals surface area (Å²) < 4.78 is 1.51. The number of carbonyl (C=O) groups excluding carboxylic acids is 1. The maximum atomic E-state index is 11.6. The fraction of sp³-hybridized carbons (Fsp3) is 0.111. The van der Waals surface area contributed by atoms with Crippen LogP contribution >= 0.6 is 11.6 Å². The fourth-order valence-electron chi connectivity index (χ4n) is 1.20. The lowest BCUT2D eigenvalue weighted by molar-refractivity contribution is 0.102. The number of anilines is 1. The lowest BCUT2D eigenvalue weighted by Gasteiger charge is -2.04. The predicted octanol–water partition coefficient (Wildman–Crippen LogP) is 1.65. The normalized spacial score (nSPS) is 10.3. The first kappa shape index (κ1) is 9.79. The first-order chi connectivity index (χ1) is 7.18. The number of hydrogen-bond donors (Lipinski definition) is 2. The summed E-state index contributed by atoms with van der Waals surface area (Å²) in [5.41, 5.74) is 0.548. The monoisotopic (exact) mass is 224 g/mol.